The third kappa shape index (κ3) is 3.77. The van der Waals surface area contributed by atoms with Crippen LogP contribution in [0.4, 0.5) is 4.79 Å². The number of hydrogen-bond donors (Lipinski definition) is 1. The summed E-state index contributed by atoms with van der Waals surface area (Å²) in [4.78, 5) is 14.4. The Hall–Kier alpha value is -1.17. The molecule has 1 atom stereocenters. The van der Waals surface area contributed by atoms with Crippen molar-refractivity contribution in [3.63, 3.8) is 0 Å². The highest BCUT2D eigenvalue weighted by molar-refractivity contribution is 8.00. The van der Waals surface area contributed by atoms with Crippen LogP contribution in [-0.4, -0.2) is 44.8 Å². The van der Waals surface area contributed by atoms with E-state index in [1.54, 1.807) is 0 Å². The van der Waals surface area contributed by atoms with E-state index in [1.165, 1.54) is 0 Å². The molecule has 1 aromatic heterocycles. The topological polar surface area (TPSA) is 50.2 Å². The summed E-state index contributed by atoms with van der Waals surface area (Å²) in [6, 6.07) is 0.0500. The number of aryl methyl sites for hydroxylation is 2. The molecule has 1 saturated heterocycles. The van der Waals surface area contributed by atoms with Crippen LogP contribution >= 0.6 is 11.8 Å². The van der Waals surface area contributed by atoms with Crippen molar-refractivity contribution < 1.29 is 4.79 Å². The summed E-state index contributed by atoms with van der Waals surface area (Å²) in [5, 5.41) is 8.12. The van der Waals surface area contributed by atoms with E-state index < -0.39 is 0 Å². The van der Waals surface area contributed by atoms with Crippen molar-refractivity contribution in [3.05, 3.63) is 17.0 Å². The van der Waals surface area contributed by atoms with Crippen molar-refractivity contribution in [1.82, 2.24) is 20.0 Å². The molecule has 1 aliphatic heterocycles. The van der Waals surface area contributed by atoms with Gasteiger partial charge in [-0.2, -0.15) is 16.9 Å². The lowest BCUT2D eigenvalue weighted by Crippen LogP contribution is -2.47. The predicted molar refractivity (Wildman–Crippen MR) is 92.3 cm³/mol. The summed E-state index contributed by atoms with van der Waals surface area (Å²) in [7, 11) is 0. The lowest BCUT2D eigenvalue weighted by molar-refractivity contribution is 0.196. The molecule has 1 fully saturated rings. The Bertz CT molecular complexity index is 526. The first-order chi connectivity index (χ1) is 10.4. The number of amides is 2. The molecule has 1 aliphatic rings. The Kier molecular flexibility index (Phi) is 5.78. The van der Waals surface area contributed by atoms with E-state index in [1.807, 2.05) is 28.3 Å². The van der Waals surface area contributed by atoms with Crippen molar-refractivity contribution in [2.45, 2.75) is 53.0 Å². The molecule has 6 heteroatoms. The second kappa shape index (κ2) is 7.40. The van der Waals surface area contributed by atoms with Crippen LogP contribution in [0.25, 0.3) is 0 Å². The molecule has 124 valence electrons. The molecule has 1 aromatic rings. The Labute approximate surface area is 137 Å². The highest BCUT2D eigenvalue weighted by Crippen LogP contribution is 2.24. The molecule has 1 N–H and O–H groups in total. The molecule has 0 aliphatic carbocycles. The van der Waals surface area contributed by atoms with Gasteiger partial charge in [0.1, 0.15) is 0 Å². The minimum Gasteiger partial charge on any atom is -0.334 e. The standard InChI is InChI=1S/C16H28N4OS/c1-6-20-13(5)14(12(4)18-20)9-17-16(21)19-7-8-22-15(10-19)11(2)3/h11,15H,6-10H2,1-5H3,(H,17,21). The van der Waals surface area contributed by atoms with Gasteiger partial charge in [0.15, 0.2) is 0 Å². The minimum absolute atomic E-state index is 0.0500. The van der Waals surface area contributed by atoms with Crippen LogP contribution in [0.5, 0.6) is 0 Å². The van der Waals surface area contributed by atoms with Crippen molar-refractivity contribution in [1.29, 1.82) is 0 Å². The smallest absolute Gasteiger partial charge is 0.317 e. The highest BCUT2D eigenvalue weighted by atomic mass is 32.2. The maximum atomic E-state index is 12.4. The molecule has 2 heterocycles. The molecule has 5 nitrogen and oxygen atoms in total. The summed E-state index contributed by atoms with van der Waals surface area (Å²) in [6.45, 7) is 13.7. The molecular weight excluding hydrogens is 296 g/mol. The third-order valence-electron chi connectivity index (χ3n) is 4.37. The fraction of sp³-hybridized carbons (Fsp3) is 0.750. The van der Waals surface area contributed by atoms with Gasteiger partial charge in [-0.3, -0.25) is 4.68 Å². The number of carbonyl (C=O) groups is 1. The molecule has 0 bridgehead atoms. The second-order valence-electron chi connectivity index (χ2n) is 6.22. The number of thioether (sulfide) groups is 1. The molecule has 2 amide bonds. The lowest BCUT2D eigenvalue weighted by Gasteiger charge is -2.34. The monoisotopic (exact) mass is 324 g/mol. The van der Waals surface area contributed by atoms with Gasteiger partial charge in [-0.1, -0.05) is 13.8 Å². The van der Waals surface area contributed by atoms with Crippen LogP contribution in [0.2, 0.25) is 0 Å². The van der Waals surface area contributed by atoms with E-state index in [4.69, 9.17) is 0 Å². The van der Waals surface area contributed by atoms with E-state index in [9.17, 15) is 4.79 Å². The first-order valence-corrected chi connectivity index (χ1v) is 9.16. The fourth-order valence-corrected chi connectivity index (χ4v) is 4.14. The van der Waals surface area contributed by atoms with E-state index in [2.05, 4.69) is 38.1 Å². The molecular formula is C16H28N4OS. The number of carbonyl (C=O) groups excluding carboxylic acids is 1. The molecule has 0 spiro atoms. The van der Waals surface area contributed by atoms with Crippen molar-refractivity contribution in [2.75, 3.05) is 18.8 Å². The Balaban J connectivity index is 1.94. The van der Waals surface area contributed by atoms with E-state index in [0.29, 0.717) is 17.7 Å². The number of rotatable bonds is 4. The number of nitrogens with one attached hydrogen (secondary N) is 1. The van der Waals surface area contributed by atoms with Gasteiger partial charge in [0.05, 0.1) is 5.69 Å². The average molecular weight is 324 g/mol. The van der Waals surface area contributed by atoms with Crippen LogP contribution in [0.3, 0.4) is 0 Å². The van der Waals surface area contributed by atoms with Crippen molar-refractivity contribution in [2.24, 2.45) is 5.92 Å². The highest BCUT2D eigenvalue weighted by Gasteiger charge is 2.26. The van der Waals surface area contributed by atoms with Gasteiger partial charge in [0, 0.05) is 48.4 Å². The van der Waals surface area contributed by atoms with Gasteiger partial charge >= 0.3 is 6.03 Å². The van der Waals surface area contributed by atoms with Gasteiger partial charge in [0.2, 0.25) is 0 Å². The maximum absolute atomic E-state index is 12.4. The third-order valence-corrected chi connectivity index (χ3v) is 5.91. The van der Waals surface area contributed by atoms with Crippen LogP contribution in [0.15, 0.2) is 0 Å². The summed E-state index contributed by atoms with van der Waals surface area (Å²) in [6.07, 6.45) is 0. The zero-order valence-corrected chi connectivity index (χ0v) is 15.2. The molecule has 1 unspecified atom stereocenters. The Morgan fingerprint density at radius 3 is 2.77 bits per heavy atom. The molecule has 2 rings (SSSR count). The van der Waals surface area contributed by atoms with Gasteiger partial charge in [-0.05, 0) is 26.7 Å². The number of hydrogen-bond acceptors (Lipinski definition) is 3. The molecule has 0 saturated carbocycles. The average Bonchev–Trinajstić information content (AvgIpc) is 2.79. The molecule has 0 aromatic carbocycles. The normalized spacial score (nSPS) is 18.8. The lowest BCUT2D eigenvalue weighted by atomic mass is 10.1. The van der Waals surface area contributed by atoms with Crippen LogP contribution < -0.4 is 5.32 Å². The first kappa shape index (κ1) is 17.2. The van der Waals surface area contributed by atoms with Crippen molar-refractivity contribution >= 4 is 17.8 Å². The zero-order chi connectivity index (χ0) is 16.3. The Morgan fingerprint density at radius 2 is 2.18 bits per heavy atom. The summed E-state index contributed by atoms with van der Waals surface area (Å²) in [5.41, 5.74) is 3.30. The fourth-order valence-electron chi connectivity index (χ4n) is 2.84. The van der Waals surface area contributed by atoms with E-state index in [0.717, 1.165) is 42.3 Å². The maximum Gasteiger partial charge on any atom is 0.317 e. The van der Waals surface area contributed by atoms with E-state index >= 15 is 0 Å². The van der Waals surface area contributed by atoms with Gasteiger partial charge in [-0.25, -0.2) is 4.79 Å². The van der Waals surface area contributed by atoms with Crippen LogP contribution in [0, 0.1) is 19.8 Å². The number of aromatic nitrogens is 2. The minimum atomic E-state index is 0.0500. The quantitative estimate of drug-likeness (QED) is 0.926. The second-order valence-corrected chi connectivity index (χ2v) is 7.57. The van der Waals surface area contributed by atoms with Crippen LogP contribution in [-0.2, 0) is 13.1 Å². The van der Waals surface area contributed by atoms with Gasteiger partial charge in [0.25, 0.3) is 0 Å². The Morgan fingerprint density at radius 1 is 1.45 bits per heavy atom. The number of urea groups is 1. The summed E-state index contributed by atoms with van der Waals surface area (Å²) < 4.78 is 1.99. The molecule has 22 heavy (non-hydrogen) atoms. The molecule has 0 radical (unpaired) electrons. The summed E-state index contributed by atoms with van der Waals surface area (Å²) >= 11 is 1.98. The van der Waals surface area contributed by atoms with Gasteiger partial charge < -0.3 is 10.2 Å². The SMILES string of the molecule is CCn1nc(C)c(CNC(=O)N2CCSC(C(C)C)C2)c1C. The largest absolute Gasteiger partial charge is 0.334 e. The van der Waals surface area contributed by atoms with Crippen molar-refractivity contribution in [3.8, 4) is 0 Å². The van der Waals surface area contributed by atoms with Gasteiger partial charge in [-0.15, -0.1) is 0 Å². The van der Waals surface area contributed by atoms with Crippen LogP contribution in [0.1, 0.15) is 37.7 Å². The zero-order valence-electron chi connectivity index (χ0n) is 14.3. The predicted octanol–water partition coefficient (Wildman–Crippen LogP) is 2.80. The summed E-state index contributed by atoms with van der Waals surface area (Å²) in [5.74, 6) is 1.63. The number of nitrogens with zero attached hydrogens (tertiary/aromatic N) is 3. The first-order valence-electron chi connectivity index (χ1n) is 8.11. The van der Waals surface area contributed by atoms with E-state index in [-0.39, 0.29) is 6.03 Å².